The average Bonchev–Trinajstić information content (AvgIpc) is 3.37. The summed E-state index contributed by atoms with van der Waals surface area (Å²) in [5.74, 6) is 0.513. The fourth-order valence-electron chi connectivity index (χ4n) is 3.79. The van der Waals surface area contributed by atoms with Gasteiger partial charge in [0.2, 0.25) is 0 Å². The summed E-state index contributed by atoms with van der Waals surface area (Å²) in [7, 11) is 0. The Bertz CT molecular complexity index is 1090. The number of rotatable bonds is 3. The summed E-state index contributed by atoms with van der Waals surface area (Å²) in [4.78, 5) is 22.4. The third-order valence-corrected chi connectivity index (χ3v) is 6.17. The van der Waals surface area contributed by atoms with Gasteiger partial charge in [-0.25, -0.2) is 14.2 Å². The molecule has 1 amide bonds. The number of aromatic amines is 1. The van der Waals surface area contributed by atoms with Gasteiger partial charge < -0.3 is 9.72 Å². The molecule has 2 heterocycles. The van der Waals surface area contributed by atoms with Gasteiger partial charge in [-0.05, 0) is 91.6 Å². The SMILES string of the molecule is CC(C)(C)OC(=O)N1CCC[C@H]1c1ncc(-c2ccc(I)c(-c3ccc(F)cc3)c2)[nH]1. The molecule has 0 bridgehead atoms. The molecule has 0 radical (unpaired) electrons. The van der Waals surface area contributed by atoms with Crippen molar-refractivity contribution >= 4 is 28.7 Å². The molecule has 0 saturated carbocycles. The van der Waals surface area contributed by atoms with E-state index in [1.54, 1.807) is 23.2 Å². The van der Waals surface area contributed by atoms with Crippen LogP contribution in [0, 0.1) is 9.39 Å². The summed E-state index contributed by atoms with van der Waals surface area (Å²) in [5, 5.41) is 0. The normalized spacial score (nSPS) is 16.5. The van der Waals surface area contributed by atoms with Crippen LogP contribution >= 0.6 is 22.6 Å². The second-order valence-corrected chi connectivity index (χ2v) is 9.88. The van der Waals surface area contributed by atoms with Crippen LogP contribution in [0.1, 0.15) is 45.5 Å². The van der Waals surface area contributed by atoms with Gasteiger partial charge in [0.05, 0.1) is 17.9 Å². The van der Waals surface area contributed by atoms with E-state index in [9.17, 15) is 9.18 Å². The monoisotopic (exact) mass is 533 g/mol. The lowest BCUT2D eigenvalue weighted by Gasteiger charge is -2.27. The Balaban J connectivity index is 1.59. The number of likely N-dealkylation sites (tertiary alicyclic amines) is 1. The van der Waals surface area contributed by atoms with E-state index in [0.29, 0.717) is 6.54 Å². The van der Waals surface area contributed by atoms with Crippen molar-refractivity contribution < 1.29 is 13.9 Å². The van der Waals surface area contributed by atoms with Crippen molar-refractivity contribution in [1.82, 2.24) is 14.9 Å². The summed E-state index contributed by atoms with van der Waals surface area (Å²) in [6, 6.07) is 12.5. The third kappa shape index (κ3) is 4.92. The number of ether oxygens (including phenoxy) is 1. The lowest BCUT2D eigenvalue weighted by Crippen LogP contribution is -2.36. The van der Waals surface area contributed by atoms with Gasteiger partial charge in [-0.15, -0.1) is 0 Å². The molecule has 1 aromatic heterocycles. The highest BCUT2D eigenvalue weighted by Gasteiger charge is 2.34. The highest BCUT2D eigenvalue weighted by Crippen LogP contribution is 2.34. The van der Waals surface area contributed by atoms with Crippen LogP contribution in [0.15, 0.2) is 48.7 Å². The van der Waals surface area contributed by atoms with Gasteiger partial charge in [-0.2, -0.15) is 0 Å². The number of amides is 1. The molecule has 5 nitrogen and oxygen atoms in total. The fraction of sp³-hybridized carbons (Fsp3) is 0.333. The van der Waals surface area contributed by atoms with Crippen LogP contribution in [0.5, 0.6) is 0 Å². The molecule has 162 valence electrons. The lowest BCUT2D eigenvalue weighted by molar-refractivity contribution is 0.0218. The summed E-state index contributed by atoms with van der Waals surface area (Å²) < 4.78 is 20.0. The molecule has 1 N–H and O–H groups in total. The Labute approximate surface area is 195 Å². The standard InChI is InChI=1S/C24H25FIN3O2/c1-24(2,3)31-23(30)29-12-4-5-21(29)22-27-14-20(28-22)16-8-11-19(26)18(13-16)15-6-9-17(25)10-7-15/h6-11,13-14,21H,4-5,12H2,1-3H3,(H,27,28)/t21-/m0/s1. The van der Waals surface area contributed by atoms with Gasteiger partial charge in [0.15, 0.2) is 0 Å². The third-order valence-electron chi connectivity index (χ3n) is 5.22. The molecule has 4 rings (SSSR count). The smallest absolute Gasteiger partial charge is 0.410 e. The number of imidazole rings is 1. The van der Waals surface area contributed by atoms with E-state index in [0.717, 1.165) is 44.6 Å². The van der Waals surface area contributed by atoms with Crippen molar-refractivity contribution in [2.24, 2.45) is 0 Å². The maximum absolute atomic E-state index is 13.3. The molecule has 7 heteroatoms. The summed E-state index contributed by atoms with van der Waals surface area (Å²) in [6.07, 6.45) is 3.26. The zero-order chi connectivity index (χ0) is 22.2. The van der Waals surface area contributed by atoms with Gasteiger partial charge in [-0.3, -0.25) is 4.90 Å². The number of carbonyl (C=O) groups is 1. The molecule has 0 spiro atoms. The number of carbonyl (C=O) groups excluding carboxylic acids is 1. The number of H-pyrrole nitrogens is 1. The first-order chi connectivity index (χ1) is 14.7. The molecule has 0 unspecified atom stereocenters. The Morgan fingerprint density at radius 1 is 1.19 bits per heavy atom. The number of nitrogens with one attached hydrogen (secondary N) is 1. The van der Waals surface area contributed by atoms with Crippen molar-refractivity contribution in [3.05, 3.63) is 63.9 Å². The van der Waals surface area contributed by atoms with Crippen LogP contribution < -0.4 is 0 Å². The van der Waals surface area contributed by atoms with E-state index in [2.05, 4.69) is 38.6 Å². The molecule has 1 aliphatic heterocycles. The van der Waals surface area contributed by atoms with Gasteiger partial charge >= 0.3 is 6.09 Å². The maximum atomic E-state index is 13.3. The van der Waals surface area contributed by atoms with E-state index in [1.807, 2.05) is 32.9 Å². The molecule has 3 aromatic rings. The molecule has 1 saturated heterocycles. The number of halogens is 2. The molecule has 1 aliphatic rings. The van der Waals surface area contributed by atoms with Gasteiger partial charge in [0.1, 0.15) is 17.2 Å². The highest BCUT2D eigenvalue weighted by atomic mass is 127. The Morgan fingerprint density at radius 2 is 1.90 bits per heavy atom. The number of hydrogen-bond acceptors (Lipinski definition) is 3. The Hall–Kier alpha value is -2.42. The minimum atomic E-state index is -0.531. The minimum absolute atomic E-state index is 0.121. The number of benzene rings is 2. The zero-order valence-corrected chi connectivity index (χ0v) is 19.9. The van der Waals surface area contributed by atoms with Gasteiger partial charge in [0, 0.05) is 15.7 Å². The molecule has 2 aromatic carbocycles. The highest BCUT2D eigenvalue weighted by molar-refractivity contribution is 14.1. The van der Waals surface area contributed by atoms with E-state index in [-0.39, 0.29) is 18.0 Å². The number of aromatic nitrogens is 2. The van der Waals surface area contributed by atoms with Crippen LogP contribution in [0.4, 0.5) is 9.18 Å². The van der Waals surface area contributed by atoms with Crippen LogP contribution in [-0.4, -0.2) is 33.1 Å². The average molecular weight is 533 g/mol. The molecule has 0 aliphatic carbocycles. The first kappa shape index (κ1) is 21.8. The maximum Gasteiger partial charge on any atom is 0.410 e. The predicted molar refractivity (Wildman–Crippen MR) is 127 cm³/mol. The quantitative estimate of drug-likeness (QED) is 0.388. The second kappa shape index (κ2) is 8.61. The zero-order valence-electron chi connectivity index (χ0n) is 17.8. The van der Waals surface area contributed by atoms with Crippen molar-refractivity contribution in [2.45, 2.75) is 45.3 Å². The lowest BCUT2D eigenvalue weighted by atomic mass is 10.0. The van der Waals surface area contributed by atoms with E-state index >= 15 is 0 Å². The first-order valence-corrected chi connectivity index (χ1v) is 11.4. The van der Waals surface area contributed by atoms with Crippen LogP contribution in [-0.2, 0) is 4.74 Å². The van der Waals surface area contributed by atoms with Crippen molar-refractivity contribution in [2.75, 3.05) is 6.54 Å². The summed E-state index contributed by atoms with van der Waals surface area (Å²) in [6.45, 7) is 6.28. The molecule has 1 fully saturated rings. The molecule has 31 heavy (non-hydrogen) atoms. The number of hydrogen-bond donors (Lipinski definition) is 1. The van der Waals surface area contributed by atoms with Crippen molar-refractivity contribution in [1.29, 1.82) is 0 Å². The molecular formula is C24H25FIN3O2. The summed E-state index contributed by atoms with van der Waals surface area (Å²) in [5.41, 5.74) is 3.33. The van der Waals surface area contributed by atoms with E-state index in [1.165, 1.54) is 12.1 Å². The first-order valence-electron chi connectivity index (χ1n) is 10.3. The van der Waals surface area contributed by atoms with Crippen molar-refractivity contribution in [3.8, 4) is 22.4 Å². The Morgan fingerprint density at radius 3 is 2.61 bits per heavy atom. The number of nitrogens with zero attached hydrogens (tertiary/aromatic N) is 2. The van der Waals surface area contributed by atoms with Gasteiger partial charge in [-0.1, -0.05) is 18.2 Å². The van der Waals surface area contributed by atoms with Crippen LogP contribution in [0.25, 0.3) is 22.4 Å². The van der Waals surface area contributed by atoms with E-state index in [4.69, 9.17) is 4.74 Å². The van der Waals surface area contributed by atoms with Crippen LogP contribution in [0.2, 0.25) is 0 Å². The van der Waals surface area contributed by atoms with Crippen LogP contribution in [0.3, 0.4) is 0 Å². The predicted octanol–water partition coefficient (Wildman–Crippen LogP) is 6.56. The minimum Gasteiger partial charge on any atom is -0.444 e. The van der Waals surface area contributed by atoms with Crippen molar-refractivity contribution in [3.63, 3.8) is 0 Å². The summed E-state index contributed by atoms with van der Waals surface area (Å²) >= 11 is 2.29. The van der Waals surface area contributed by atoms with E-state index < -0.39 is 5.60 Å². The molecule has 1 atom stereocenters. The fourth-order valence-corrected chi connectivity index (χ4v) is 4.43. The largest absolute Gasteiger partial charge is 0.444 e. The Kier molecular flexibility index (Phi) is 6.05. The van der Waals surface area contributed by atoms with Gasteiger partial charge in [0.25, 0.3) is 0 Å². The topological polar surface area (TPSA) is 58.2 Å². The second-order valence-electron chi connectivity index (χ2n) is 8.72. The molecular weight excluding hydrogens is 508 g/mol.